The Kier molecular flexibility index (Phi) is 3.93. The van der Waals surface area contributed by atoms with Crippen LogP contribution in [-0.2, 0) is 0 Å². The van der Waals surface area contributed by atoms with Crippen molar-refractivity contribution in [3.05, 3.63) is 27.1 Å². The highest BCUT2D eigenvalue weighted by Gasteiger charge is 2.08. The van der Waals surface area contributed by atoms with Gasteiger partial charge >= 0.3 is 0 Å². The smallest absolute Gasteiger partial charge is 0.218 e. The van der Waals surface area contributed by atoms with E-state index in [0.717, 1.165) is 6.54 Å². The highest BCUT2D eigenvalue weighted by Crippen LogP contribution is 2.12. The maximum Gasteiger partial charge on any atom is 0.218 e. The maximum absolute atomic E-state index is 11.4. The fourth-order valence-electron chi connectivity index (χ4n) is 1.46. The Morgan fingerprint density at radius 3 is 2.60 bits per heavy atom. The summed E-state index contributed by atoms with van der Waals surface area (Å²) in [6.45, 7) is 2.98. The summed E-state index contributed by atoms with van der Waals surface area (Å²) in [4.78, 5) is 13.5. The van der Waals surface area contributed by atoms with Crippen molar-refractivity contribution in [2.24, 2.45) is 0 Å². The summed E-state index contributed by atoms with van der Waals surface area (Å²) in [5, 5.41) is 0. The van der Waals surface area contributed by atoms with Gasteiger partial charge in [-0.1, -0.05) is 0 Å². The molecule has 0 amide bonds. The van der Waals surface area contributed by atoms with Crippen LogP contribution in [0.3, 0.4) is 0 Å². The lowest BCUT2D eigenvalue weighted by Crippen LogP contribution is -2.24. The van der Waals surface area contributed by atoms with E-state index in [4.69, 9.17) is 5.73 Å². The predicted molar refractivity (Wildman–Crippen MR) is 66.1 cm³/mol. The molecule has 5 heteroatoms. The standard InChI is InChI=1S/C10H16BrN3O/c1-7(4-13(2)3)14-5-8(11)10(15)9(12)6-14/h5-7H,4,12H2,1-3H3. The van der Waals surface area contributed by atoms with Crippen LogP contribution in [0.2, 0.25) is 0 Å². The van der Waals surface area contributed by atoms with Crippen LogP contribution in [0.5, 0.6) is 0 Å². The molecule has 0 aliphatic heterocycles. The quantitative estimate of drug-likeness (QED) is 0.904. The molecule has 0 saturated carbocycles. The third-order valence-electron chi connectivity index (χ3n) is 2.17. The fraction of sp³-hybridized carbons (Fsp3) is 0.500. The number of nitrogen functional groups attached to an aromatic ring is 1. The molecular formula is C10H16BrN3O. The lowest BCUT2D eigenvalue weighted by molar-refractivity contribution is 0.336. The zero-order chi connectivity index (χ0) is 11.6. The number of hydrogen-bond donors (Lipinski definition) is 1. The average molecular weight is 274 g/mol. The number of nitrogens with two attached hydrogens (primary N) is 1. The van der Waals surface area contributed by atoms with Gasteiger partial charge in [0, 0.05) is 25.0 Å². The zero-order valence-electron chi connectivity index (χ0n) is 9.20. The molecular weight excluding hydrogens is 258 g/mol. The molecule has 1 rings (SSSR count). The lowest BCUT2D eigenvalue weighted by Gasteiger charge is -2.20. The van der Waals surface area contributed by atoms with Crippen molar-refractivity contribution in [1.29, 1.82) is 0 Å². The summed E-state index contributed by atoms with van der Waals surface area (Å²) in [6, 6.07) is 0.277. The van der Waals surface area contributed by atoms with Crippen molar-refractivity contribution >= 4 is 21.6 Å². The number of likely N-dealkylation sites (N-methyl/N-ethyl adjacent to an activating group) is 1. The minimum atomic E-state index is -0.150. The first kappa shape index (κ1) is 12.3. The van der Waals surface area contributed by atoms with Crippen molar-refractivity contribution in [3.8, 4) is 0 Å². The van der Waals surface area contributed by atoms with Crippen molar-refractivity contribution in [2.75, 3.05) is 26.4 Å². The summed E-state index contributed by atoms with van der Waals surface area (Å²) < 4.78 is 2.45. The highest BCUT2D eigenvalue weighted by atomic mass is 79.9. The molecule has 0 bridgehead atoms. The van der Waals surface area contributed by atoms with Gasteiger partial charge in [-0.25, -0.2) is 0 Å². The first-order valence-corrected chi connectivity index (χ1v) is 5.52. The zero-order valence-corrected chi connectivity index (χ0v) is 10.8. The van der Waals surface area contributed by atoms with E-state index in [2.05, 4.69) is 27.8 Å². The van der Waals surface area contributed by atoms with Crippen LogP contribution in [0.4, 0.5) is 5.69 Å². The van der Waals surface area contributed by atoms with Crippen LogP contribution >= 0.6 is 15.9 Å². The predicted octanol–water partition coefficient (Wildman–Crippen LogP) is 1.32. The Hall–Kier alpha value is -0.810. The molecule has 1 aromatic rings. The molecule has 0 aliphatic rings. The molecule has 1 unspecified atom stereocenters. The van der Waals surface area contributed by atoms with Gasteiger partial charge in [0.25, 0.3) is 0 Å². The normalized spacial score (nSPS) is 13.1. The molecule has 1 heterocycles. The van der Waals surface area contributed by atoms with E-state index in [1.807, 2.05) is 18.7 Å². The summed E-state index contributed by atoms with van der Waals surface area (Å²) in [6.07, 6.45) is 3.45. The van der Waals surface area contributed by atoms with E-state index in [-0.39, 0.29) is 17.2 Å². The summed E-state index contributed by atoms with van der Waals surface area (Å²) in [5.41, 5.74) is 5.74. The first-order valence-electron chi connectivity index (χ1n) is 4.73. The van der Waals surface area contributed by atoms with Crippen molar-refractivity contribution < 1.29 is 0 Å². The van der Waals surface area contributed by atoms with Gasteiger partial charge < -0.3 is 15.2 Å². The Morgan fingerprint density at radius 1 is 1.53 bits per heavy atom. The van der Waals surface area contributed by atoms with Gasteiger partial charge in [-0.05, 0) is 36.9 Å². The van der Waals surface area contributed by atoms with Crippen LogP contribution in [0.25, 0.3) is 0 Å². The summed E-state index contributed by atoms with van der Waals surface area (Å²) in [7, 11) is 4.02. The van der Waals surface area contributed by atoms with Gasteiger partial charge in [-0.15, -0.1) is 0 Å². The van der Waals surface area contributed by atoms with Crippen LogP contribution in [0.15, 0.2) is 21.7 Å². The molecule has 0 aromatic carbocycles. The average Bonchev–Trinajstić information content (AvgIpc) is 2.12. The van der Waals surface area contributed by atoms with Crippen molar-refractivity contribution in [3.63, 3.8) is 0 Å². The molecule has 2 N–H and O–H groups in total. The number of halogens is 1. The van der Waals surface area contributed by atoms with Crippen LogP contribution in [0.1, 0.15) is 13.0 Å². The van der Waals surface area contributed by atoms with Crippen LogP contribution < -0.4 is 11.2 Å². The SMILES string of the molecule is CC(CN(C)C)n1cc(N)c(=O)c(Br)c1. The van der Waals surface area contributed by atoms with Crippen molar-refractivity contribution in [1.82, 2.24) is 9.47 Å². The molecule has 1 atom stereocenters. The van der Waals surface area contributed by atoms with Gasteiger partial charge in [-0.2, -0.15) is 0 Å². The van der Waals surface area contributed by atoms with Crippen LogP contribution in [0, 0.1) is 0 Å². The molecule has 0 radical (unpaired) electrons. The number of aromatic nitrogens is 1. The Morgan fingerprint density at radius 2 is 2.13 bits per heavy atom. The van der Waals surface area contributed by atoms with E-state index in [1.165, 1.54) is 0 Å². The van der Waals surface area contributed by atoms with E-state index in [1.54, 1.807) is 12.4 Å². The molecule has 0 fully saturated rings. The van der Waals surface area contributed by atoms with E-state index in [0.29, 0.717) is 4.47 Å². The largest absolute Gasteiger partial charge is 0.394 e. The summed E-state index contributed by atoms with van der Waals surface area (Å²) in [5.74, 6) is 0. The van der Waals surface area contributed by atoms with E-state index >= 15 is 0 Å². The summed E-state index contributed by atoms with van der Waals surface area (Å²) >= 11 is 3.20. The second kappa shape index (κ2) is 4.81. The number of nitrogens with zero attached hydrogens (tertiary/aromatic N) is 2. The van der Waals surface area contributed by atoms with E-state index < -0.39 is 0 Å². The number of anilines is 1. The lowest BCUT2D eigenvalue weighted by atomic mass is 10.3. The molecule has 0 saturated heterocycles. The Labute approximate surface area is 97.8 Å². The molecule has 0 spiro atoms. The molecule has 4 nitrogen and oxygen atoms in total. The van der Waals surface area contributed by atoms with E-state index in [9.17, 15) is 4.79 Å². The third-order valence-corrected chi connectivity index (χ3v) is 2.73. The maximum atomic E-state index is 11.4. The van der Waals surface area contributed by atoms with Gasteiger partial charge in [0.05, 0.1) is 10.2 Å². The second-order valence-corrected chi connectivity index (χ2v) is 4.80. The topological polar surface area (TPSA) is 51.3 Å². The number of pyridine rings is 1. The molecule has 1 aromatic heterocycles. The highest BCUT2D eigenvalue weighted by molar-refractivity contribution is 9.10. The van der Waals surface area contributed by atoms with Crippen molar-refractivity contribution in [2.45, 2.75) is 13.0 Å². The Balaban J connectivity index is 3.01. The van der Waals surface area contributed by atoms with Gasteiger partial charge in [0.1, 0.15) is 0 Å². The van der Waals surface area contributed by atoms with Gasteiger partial charge in [-0.3, -0.25) is 4.79 Å². The van der Waals surface area contributed by atoms with Gasteiger partial charge in [0.2, 0.25) is 5.43 Å². The second-order valence-electron chi connectivity index (χ2n) is 3.95. The van der Waals surface area contributed by atoms with Gasteiger partial charge in [0.15, 0.2) is 0 Å². The number of hydrogen-bond acceptors (Lipinski definition) is 3. The molecule has 15 heavy (non-hydrogen) atoms. The van der Waals surface area contributed by atoms with Crippen LogP contribution in [-0.4, -0.2) is 30.1 Å². The fourth-order valence-corrected chi connectivity index (χ4v) is 1.93. The first-order chi connectivity index (χ1) is 6.91. The minimum absolute atomic E-state index is 0.150. The monoisotopic (exact) mass is 273 g/mol. The molecule has 0 aliphatic carbocycles. The third kappa shape index (κ3) is 3.07. The molecule has 84 valence electrons. The number of rotatable bonds is 3. The Bertz CT molecular complexity index is 374. The minimum Gasteiger partial charge on any atom is -0.394 e.